The third-order valence-electron chi connectivity index (χ3n) is 6.21. The van der Waals surface area contributed by atoms with Crippen molar-refractivity contribution in [1.82, 2.24) is 20.2 Å². The Kier molecular flexibility index (Phi) is 5.05. The van der Waals surface area contributed by atoms with E-state index >= 15 is 0 Å². The van der Waals surface area contributed by atoms with Crippen molar-refractivity contribution in [3.63, 3.8) is 0 Å². The Hall–Kier alpha value is -3.42. The summed E-state index contributed by atoms with van der Waals surface area (Å²) in [6, 6.07) is 13.2. The number of nitrogens with zero attached hydrogens (tertiary/aromatic N) is 1. The molecule has 0 radical (unpaired) electrons. The molecule has 2 aromatic carbocycles. The average Bonchev–Trinajstić information content (AvgIpc) is 3.38. The molecule has 1 aliphatic carbocycles. The molecule has 2 aliphatic rings. The zero-order chi connectivity index (χ0) is 21.3. The fraction of sp³-hybridized carbons (Fsp3) is 0.391. The second-order valence-electron chi connectivity index (χ2n) is 8.13. The molecule has 2 heterocycles. The summed E-state index contributed by atoms with van der Waals surface area (Å²) in [6.45, 7) is 1.83. The van der Waals surface area contributed by atoms with Crippen LogP contribution in [0.15, 0.2) is 47.3 Å². The zero-order valence-electron chi connectivity index (χ0n) is 17.3. The van der Waals surface area contributed by atoms with Crippen LogP contribution in [0.4, 0.5) is 4.79 Å². The highest BCUT2D eigenvalue weighted by molar-refractivity contribution is 5.76. The van der Waals surface area contributed by atoms with Gasteiger partial charge in [0.1, 0.15) is 13.2 Å². The van der Waals surface area contributed by atoms with E-state index in [1.807, 2.05) is 42.5 Å². The van der Waals surface area contributed by atoms with E-state index in [1.54, 1.807) is 4.57 Å². The lowest BCUT2D eigenvalue weighted by molar-refractivity contribution is 0.170. The molecule has 1 aliphatic heterocycles. The summed E-state index contributed by atoms with van der Waals surface area (Å²) in [6.07, 6.45) is 3.86. The molecule has 0 saturated heterocycles. The summed E-state index contributed by atoms with van der Waals surface area (Å²) in [5, 5.41) is 6.12. The number of nitrogens with one attached hydrogen (secondary N) is 3. The van der Waals surface area contributed by atoms with Crippen molar-refractivity contribution in [3.8, 4) is 11.5 Å². The molecule has 31 heavy (non-hydrogen) atoms. The summed E-state index contributed by atoms with van der Waals surface area (Å²) in [4.78, 5) is 27.8. The van der Waals surface area contributed by atoms with Crippen LogP contribution in [-0.4, -0.2) is 35.3 Å². The van der Waals surface area contributed by atoms with Crippen LogP contribution < -0.4 is 25.8 Å². The maximum Gasteiger partial charge on any atom is 0.326 e. The van der Waals surface area contributed by atoms with E-state index in [1.165, 1.54) is 0 Å². The van der Waals surface area contributed by atoms with Crippen molar-refractivity contribution in [2.24, 2.45) is 0 Å². The maximum absolute atomic E-state index is 12.8. The third kappa shape index (κ3) is 3.73. The van der Waals surface area contributed by atoms with E-state index in [-0.39, 0.29) is 11.7 Å². The SMILES string of the molecule is O=C(NCCn1c(=O)[nH]c2ccccc21)NC1(c2ccc3c(c2)OCCO3)CCCC1. The van der Waals surface area contributed by atoms with Gasteiger partial charge in [0.15, 0.2) is 11.5 Å². The van der Waals surface area contributed by atoms with Gasteiger partial charge in [-0.15, -0.1) is 0 Å². The van der Waals surface area contributed by atoms with Crippen LogP contribution in [0.5, 0.6) is 11.5 Å². The Labute approximate surface area is 179 Å². The quantitative estimate of drug-likeness (QED) is 0.589. The molecule has 1 fully saturated rings. The van der Waals surface area contributed by atoms with Gasteiger partial charge in [-0.1, -0.05) is 31.0 Å². The van der Waals surface area contributed by atoms with Crippen molar-refractivity contribution >= 4 is 17.1 Å². The Morgan fingerprint density at radius 2 is 1.84 bits per heavy atom. The van der Waals surface area contributed by atoms with Gasteiger partial charge in [0.25, 0.3) is 0 Å². The number of benzene rings is 2. The number of hydrogen-bond donors (Lipinski definition) is 3. The molecule has 0 spiro atoms. The number of carbonyl (C=O) groups is 1. The number of rotatable bonds is 5. The average molecular weight is 422 g/mol. The van der Waals surface area contributed by atoms with Gasteiger partial charge in [0.05, 0.1) is 16.6 Å². The first-order valence-electron chi connectivity index (χ1n) is 10.8. The van der Waals surface area contributed by atoms with Crippen molar-refractivity contribution in [2.45, 2.75) is 37.8 Å². The van der Waals surface area contributed by atoms with Crippen LogP contribution in [0.1, 0.15) is 31.2 Å². The summed E-state index contributed by atoms with van der Waals surface area (Å²) >= 11 is 0. The smallest absolute Gasteiger partial charge is 0.326 e. The molecule has 162 valence electrons. The fourth-order valence-electron chi connectivity index (χ4n) is 4.68. The number of aromatic nitrogens is 2. The summed E-state index contributed by atoms with van der Waals surface area (Å²) in [5.41, 5.74) is 2.07. The monoisotopic (exact) mass is 422 g/mol. The predicted octanol–water partition coefficient (Wildman–Crippen LogP) is 2.87. The number of hydrogen-bond acceptors (Lipinski definition) is 4. The number of aromatic amines is 1. The van der Waals surface area contributed by atoms with E-state index in [2.05, 4.69) is 15.6 Å². The molecular weight excluding hydrogens is 396 g/mol. The first kappa shape index (κ1) is 19.5. The first-order valence-corrected chi connectivity index (χ1v) is 10.8. The van der Waals surface area contributed by atoms with E-state index in [0.717, 1.165) is 53.8 Å². The van der Waals surface area contributed by atoms with Crippen LogP contribution in [0, 0.1) is 0 Å². The Morgan fingerprint density at radius 1 is 1.06 bits per heavy atom. The van der Waals surface area contributed by atoms with Gasteiger partial charge in [0.2, 0.25) is 0 Å². The zero-order valence-corrected chi connectivity index (χ0v) is 17.3. The molecule has 1 saturated carbocycles. The second kappa shape index (κ2) is 8.02. The predicted molar refractivity (Wildman–Crippen MR) is 117 cm³/mol. The number of carbonyl (C=O) groups excluding carboxylic acids is 1. The van der Waals surface area contributed by atoms with Crippen molar-refractivity contribution in [2.75, 3.05) is 19.8 Å². The van der Waals surface area contributed by atoms with Crippen LogP contribution in [-0.2, 0) is 12.1 Å². The minimum Gasteiger partial charge on any atom is -0.486 e. The van der Waals surface area contributed by atoms with Crippen LogP contribution in [0.25, 0.3) is 11.0 Å². The normalized spacial score (nSPS) is 16.9. The number of imidazole rings is 1. The number of para-hydroxylation sites is 2. The van der Waals surface area contributed by atoms with Gasteiger partial charge < -0.3 is 25.1 Å². The number of fused-ring (bicyclic) bond motifs is 2. The number of H-pyrrole nitrogens is 1. The van der Waals surface area contributed by atoms with Crippen LogP contribution in [0.3, 0.4) is 0 Å². The Morgan fingerprint density at radius 3 is 2.68 bits per heavy atom. The lowest BCUT2D eigenvalue weighted by Gasteiger charge is -2.32. The van der Waals surface area contributed by atoms with E-state index in [4.69, 9.17) is 9.47 Å². The lowest BCUT2D eigenvalue weighted by atomic mass is 9.88. The maximum atomic E-state index is 12.8. The molecule has 3 aromatic rings. The Bertz CT molecular complexity index is 1160. The molecular formula is C23H26N4O4. The first-order chi connectivity index (χ1) is 15.1. The standard InChI is InChI=1S/C23H26N4O4/c28-21(24-11-12-27-18-6-2-1-5-17(18)25-22(27)29)26-23(9-3-4-10-23)16-7-8-19-20(15-16)31-14-13-30-19/h1-2,5-8,15H,3-4,9-14H2,(H,25,29)(H2,24,26,28). The summed E-state index contributed by atoms with van der Waals surface area (Å²) < 4.78 is 13.0. The van der Waals surface area contributed by atoms with Crippen LogP contribution in [0.2, 0.25) is 0 Å². The summed E-state index contributed by atoms with van der Waals surface area (Å²) in [5.74, 6) is 1.48. The molecule has 0 unspecified atom stereocenters. The number of ether oxygens (including phenoxy) is 2. The van der Waals surface area contributed by atoms with Crippen molar-refractivity contribution < 1.29 is 14.3 Å². The van der Waals surface area contributed by atoms with Gasteiger partial charge in [-0.2, -0.15) is 0 Å². The van der Waals surface area contributed by atoms with Crippen LogP contribution >= 0.6 is 0 Å². The minimum absolute atomic E-state index is 0.174. The van der Waals surface area contributed by atoms with E-state index in [0.29, 0.717) is 26.3 Å². The van der Waals surface area contributed by atoms with Gasteiger partial charge >= 0.3 is 11.7 Å². The molecule has 0 bridgehead atoms. The van der Waals surface area contributed by atoms with Crippen molar-refractivity contribution in [3.05, 3.63) is 58.5 Å². The molecule has 3 N–H and O–H groups in total. The molecule has 2 amide bonds. The highest BCUT2D eigenvalue weighted by atomic mass is 16.6. The molecule has 8 heteroatoms. The highest BCUT2D eigenvalue weighted by Crippen LogP contribution is 2.42. The second-order valence-corrected chi connectivity index (χ2v) is 8.13. The topological polar surface area (TPSA) is 97.4 Å². The highest BCUT2D eigenvalue weighted by Gasteiger charge is 2.37. The van der Waals surface area contributed by atoms with Gasteiger partial charge in [-0.05, 0) is 42.7 Å². The third-order valence-corrected chi connectivity index (χ3v) is 6.21. The Balaban J connectivity index is 1.27. The van der Waals surface area contributed by atoms with Gasteiger partial charge in [-0.3, -0.25) is 4.57 Å². The van der Waals surface area contributed by atoms with Gasteiger partial charge in [-0.25, -0.2) is 9.59 Å². The van der Waals surface area contributed by atoms with Gasteiger partial charge in [0, 0.05) is 13.1 Å². The lowest BCUT2D eigenvalue weighted by Crippen LogP contribution is -2.49. The number of urea groups is 1. The largest absolute Gasteiger partial charge is 0.486 e. The van der Waals surface area contributed by atoms with Crippen molar-refractivity contribution in [1.29, 1.82) is 0 Å². The molecule has 5 rings (SSSR count). The molecule has 0 atom stereocenters. The van der Waals surface area contributed by atoms with E-state index in [9.17, 15) is 9.59 Å². The number of amides is 2. The van der Waals surface area contributed by atoms with E-state index < -0.39 is 5.54 Å². The molecule has 1 aromatic heterocycles. The summed E-state index contributed by atoms with van der Waals surface area (Å²) in [7, 11) is 0. The molecule has 8 nitrogen and oxygen atoms in total. The fourth-order valence-corrected chi connectivity index (χ4v) is 4.68. The minimum atomic E-state index is -0.419.